The lowest BCUT2D eigenvalue weighted by atomic mass is 9.80. The van der Waals surface area contributed by atoms with Gasteiger partial charge in [-0.05, 0) is 89.5 Å². The zero-order valence-corrected chi connectivity index (χ0v) is 24.6. The van der Waals surface area contributed by atoms with Crippen LogP contribution in [-0.4, -0.2) is 33.5 Å². The third kappa shape index (κ3) is 5.75. The van der Waals surface area contributed by atoms with E-state index in [1.54, 1.807) is 26.0 Å². The number of para-hydroxylation sites is 1. The molecule has 0 saturated heterocycles. The summed E-state index contributed by atoms with van der Waals surface area (Å²) in [5.74, 6) is -0.0883. The number of hydrogen-bond donors (Lipinski definition) is 1. The zero-order valence-electron chi connectivity index (χ0n) is 23.8. The Morgan fingerprint density at radius 1 is 0.738 bits per heavy atom. The van der Waals surface area contributed by atoms with Crippen LogP contribution in [0.25, 0.3) is 31.8 Å². The summed E-state index contributed by atoms with van der Waals surface area (Å²) < 4.78 is 12.5. The van der Waals surface area contributed by atoms with Crippen molar-refractivity contribution in [2.45, 2.75) is 65.2 Å². The molecule has 2 aliphatic carbocycles. The maximum atomic E-state index is 13.2. The molecule has 0 amide bonds. The molecule has 2 aromatic heterocycles. The van der Waals surface area contributed by atoms with Crippen molar-refractivity contribution >= 4 is 56.0 Å². The number of Topliss-reactive ketones (excluding diaryl/α,β-unsaturated/α-hetero) is 2. The fraction of sp³-hybridized carbons (Fsp3) is 0.424. The second-order valence-corrected chi connectivity index (χ2v) is 12.7. The number of fused-ring (bicyclic) bond motifs is 2. The largest absolute Gasteiger partial charge is 0.425 e. The summed E-state index contributed by atoms with van der Waals surface area (Å²) >= 11 is 1.37. The molecule has 6 rings (SSSR count). The summed E-state index contributed by atoms with van der Waals surface area (Å²) in [6, 6.07) is 13.3. The molecule has 8 nitrogen and oxygen atoms in total. The fourth-order valence-electron chi connectivity index (χ4n) is 6.28. The number of nitrogens with zero attached hydrogens (tertiary/aromatic N) is 1. The molecule has 0 bridgehead atoms. The molecule has 0 radical (unpaired) electrons. The molecule has 0 aliphatic heterocycles. The number of ketones is 2. The average Bonchev–Trinajstić information content (AvgIpc) is 3.64. The molecule has 2 saturated carbocycles. The number of carbonyl (C=O) groups is 4. The molecule has 9 heteroatoms. The standard InChI is InChI=1S/C33H34N2O6S/c1-18(36)20-7-11-22(12-8-20)32(38)40-27-15-16-28(41-33(39)23-13-9-21(10-14-23)19(2)37)30-29(27)35-31(42-30)26-17-24-5-3-4-6-25(24)34-26/h3-6,15-17,20-23,34H,7-14H2,1-2H3. The Morgan fingerprint density at radius 3 is 1.83 bits per heavy atom. The predicted octanol–water partition coefficient (Wildman–Crippen LogP) is 7.05. The first-order chi connectivity index (χ1) is 20.3. The van der Waals surface area contributed by atoms with Crippen LogP contribution in [0.3, 0.4) is 0 Å². The highest BCUT2D eigenvalue weighted by Gasteiger charge is 2.32. The first-order valence-corrected chi connectivity index (χ1v) is 15.5. The smallest absolute Gasteiger partial charge is 0.314 e. The quantitative estimate of drug-likeness (QED) is 0.182. The van der Waals surface area contributed by atoms with Gasteiger partial charge < -0.3 is 14.5 Å². The Labute approximate surface area is 247 Å². The second kappa shape index (κ2) is 11.8. The van der Waals surface area contributed by atoms with Gasteiger partial charge in [0.15, 0.2) is 11.5 Å². The van der Waals surface area contributed by atoms with Crippen LogP contribution in [0.15, 0.2) is 42.5 Å². The molecule has 2 aliphatic rings. The molecule has 2 fully saturated rings. The summed E-state index contributed by atoms with van der Waals surface area (Å²) in [6.45, 7) is 3.22. The molecule has 2 heterocycles. The SMILES string of the molecule is CC(=O)C1CCC(C(=O)Oc2ccc(OC(=O)C3CCC(C(C)=O)CC3)c3sc(-c4cc5ccccc5[nH]4)nc23)CC1. The Balaban J connectivity index is 1.28. The fourth-order valence-corrected chi connectivity index (χ4v) is 7.28. The van der Waals surface area contributed by atoms with Gasteiger partial charge in [0.05, 0.1) is 17.5 Å². The van der Waals surface area contributed by atoms with Crippen molar-refractivity contribution in [2.75, 3.05) is 0 Å². The van der Waals surface area contributed by atoms with Crippen molar-refractivity contribution < 1.29 is 28.7 Å². The van der Waals surface area contributed by atoms with Crippen molar-refractivity contribution in [3.63, 3.8) is 0 Å². The molecule has 1 N–H and O–H groups in total. The van der Waals surface area contributed by atoms with Crippen LogP contribution in [0, 0.1) is 23.7 Å². The molecular formula is C33H34N2O6S. The number of nitrogens with one attached hydrogen (secondary N) is 1. The van der Waals surface area contributed by atoms with Gasteiger partial charge in [-0.25, -0.2) is 4.98 Å². The number of benzene rings is 2. The number of thiazole rings is 1. The summed E-state index contributed by atoms with van der Waals surface area (Å²) in [5, 5.41) is 1.73. The molecular weight excluding hydrogens is 552 g/mol. The van der Waals surface area contributed by atoms with Crippen LogP contribution >= 0.6 is 11.3 Å². The summed E-state index contributed by atoms with van der Waals surface area (Å²) in [7, 11) is 0. The van der Waals surface area contributed by atoms with Crippen molar-refractivity contribution in [1.29, 1.82) is 0 Å². The van der Waals surface area contributed by atoms with Crippen molar-refractivity contribution in [3.05, 3.63) is 42.5 Å². The normalized spacial score (nSPS) is 22.6. The Hall–Kier alpha value is -3.85. The summed E-state index contributed by atoms with van der Waals surface area (Å²) in [6.07, 6.45) is 5.24. The minimum absolute atomic E-state index is 0.0182. The van der Waals surface area contributed by atoms with Crippen molar-refractivity contribution in [2.24, 2.45) is 23.7 Å². The van der Waals surface area contributed by atoms with E-state index in [4.69, 9.17) is 14.5 Å². The van der Waals surface area contributed by atoms with Gasteiger partial charge in [0.2, 0.25) is 0 Å². The van der Waals surface area contributed by atoms with E-state index in [0.29, 0.717) is 78.1 Å². The van der Waals surface area contributed by atoms with Gasteiger partial charge in [0.1, 0.15) is 26.8 Å². The molecule has 4 aromatic rings. The van der Waals surface area contributed by atoms with Crippen molar-refractivity contribution in [3.8, 4) is 22.2 Å². The number of esters is 2. The molecule has 0 unspecified atom stereocenters. The first-order valence-electron chi connectivity index (χ1n) is 14.7. The van der Waals surface area contributed by atoms with Gasteiger partial charge >= 0.3 is 11.9 Å². The van der Waals surface area contributed by atoms with Gasteiger partial charge in [-0.2, -0.15) is 0 Å². The number of ether oxygens (including phenoxy) is 2. The van der Waals surface area contributed by atoms with E-state index < -0.39 is 0 Å². The number of carbonyl (C=O) groups excluding carboxylic acids is 4. The van der Waals surface area contributed by atoms with Crippen LogP contribution in [0.1, 0.15) is 65.2 Å². The van der Waals surface area contributed by atoms with E-state index in [-0.39, 0.29) is 47.2 Å². The average molecular weight is 587 g/mol. The van der Waals surface area contributed by atoms with Crippen LogP contribution in [0.5, 0.6) is 11.5 Å². The monoisotopic (exact) mass is 586 g/mol. The Bertz CT molecular complexity index is 1550. The lowest BCUT2D eigenvalue weighted by Crippen LogP contribution is -2.28. The van der Waals surface area contributed by atoms with Gasteiger partial charge in [0, 0.05) is 22.7 Å². The first kappa shape index (κ1) is 28.3. The summed E-state index contributed by atoms with van der Waals surface area (Å²) in [4.78, 5) is 58.2. The highest BCUT2D eigenvalue weighted by atomic mass is 32.1. The van der Waals surface area contributed by atoms with Gasteiger partial charge in [-0.1, -0.05) is 18.2 Å². The summed E-state index contributed by atoms with van der Waals surface area (Å²) in [5.41, 5.74) is 2.26. The van der Waals surface area contributed by atoms with Crippen molar-refractivity contribution in [1.82, 2.24) is 9.97 Å². The number of rotatable bonds is 7. The van der Waals surface area contributed by atoms with Crippen LogP contribution in [-0.2, 0) is 19.2 Å². The number of hydrogen-bond acceptors (Lipinski definition) is 8. The molecule has 2 aromatic carbocycles. The molecule has 0 atom stereocenters. The second-order valence-electron chi connectivity index (χ2n) is 11.7. The van der Waals surface area contributed by atoms with E-state index in [2.05, 4.69) is 4.98 Å². The van der Waals surface area contributed by atoms with Crippen LogP contribution in [0.2, 0.25) is 0 Å². The topological polar surface area (TPSA) is 115 Å². The van der Waals surface area contributed by atoms with E-state index in [1.165, 1.54) is 11.3 Å². The predicted molar refractivity (Wildman–Crippen MR) is 160 cm³/mol. The minimum Gasteiger partial charge on any atom is -0.425 e. The highest BCUT2D eigenvalue weighted by Crippen LogP contribution is 2.42. The van der Waals surface area contributed by atoms with Gasteiger partial charge in [-0.15, -0.1) is 11.3 Å². The third-order valence-corrected chi connectivity index (χ3v) is 10.0. The Morgan fingerprint density at radius 2 is 1.26 bits per heavy atom. The lowest BCUT2D eigenvalue weighted by Gasteiger charge is -2.25. The number of aromatic nitrogens is 2. The lowest BCUT2D eigenvalue weighted by molar-refractivity contribution is -0.141. The van der Waals surface area contributed by atoms with E-state index >= 15 is 0 Å². The zero-order chi connectivity index (χ0) is 29.4. The van der Waals surface area contributed by atoms with Gasteiger partial charge in [0.25, 0.3) is 0 Å². The molecule has 42 heavy (non-hydrogen) atoms. The van der Waals surface area contributed by atoms with Crippen LogP contribution < -0.4 is 9.47 Å². The highest BCUT2D eigenvalue weighted by molar-refractivity contribution is 7.22. The van der Waals surface area contributed by atoms with Crippen LogP contribution in [0.4, 0.5) is 0 Å². The number of H-pyrrole nitrogens is 1. The maximum absolute atomic E-state index is 13.2. The van der Waals surface area contributed by atoms with E-state index in [9.17, 15) is 19.2 Å². The van der Waals surface area contributed by atoms with Gasteiger partial charge in [-0.3, -0.25) is 19.2 Å². The molecule has 0 spiro atoms. The van der Waals surface area contributed by atoms with E-state index in [1.807, 2.05) is 30.3 Å². The Kier molecular flexibility index (Phi) is 7.94. The minimum atomic E-state index is -0.328. The molecule has 218 valence electrons. The third-order valence-electron chi connectivity index (χ3n) is 8.92. The van der Waals surface area contributed by atoms with E-state index in [0.717, 1.165) is 16.6 Å². The maximum Gasteiger partial charge on any atom is 0.314 e. The number of aromatic amines is 1.